The summed E-state index contributed by atoms with van der Waals surface area (Å²) in [6, 6.07) is 8.19. The topological polar surface area (TPSA) is 35.9 Å². The Kier molecular flexibility index (Phi) is 4.64. The number of carbonyl (C=O) groups is 1. The number of benzene rings is 1. The van der Waals surface area contributed by atoms with Crippen molar-refractivity contribution in [2.75, 3.05) is 32.7 Å². The van der Waals surface area contributed by atoms with E-state index in [9.17, 15) is 4.79 Å². The molecule has 0 saturated carbocycles. The molecule has 1 saturated heterocycles. The second-order valence-electron chi connectivity index (χ2n) is 5.64. The second kappa shape index (κ2) is 6.67. The van der Waals surface area contributed by atoms with Gasteiger partial charge in [-0.3, -0.25) is 4.79 Å². The maximum absolute atomic E-state index is 12.1. The van der Waals surface area contributed by atoms with E-state index in [0.717, 1.165) is 48.4 Å². The lowest BCUT2D eigenvalue weighted by molar-refractivity contribution is -0.113. The van der Waals surface area contributed by atoms with Crippen molar-refractivity contribution >= 4 is 28.9 Å². The first-order chi connectivity index (χ1) is 10.7. The Morgan fingerprint density at radius 3 is 2.50 bits per heavy atom. The Hall–Kier alpha value is -1.59. The highest BCUT2D eigenvalue weighted by Crippen LogP contribution is 2.30. The first-order valence-corrected chi connectivity index (χ1v) is 8.54. The first-order valence-electron chi connectivity index (χ1n) is 7.72. The van der Waals surface area contributed by atoms with Crippen molar-refractivity contribution in [2.45, 2.75) is 13.8 Å². The minimum absolute atomic E-state index is 0.113. The lowest BCUT2D eigenvalue weighted by atomic mass is 10.1. The summed E-state index contributed by atoms with van der Waals surface area (Å²) in [4.78, 5) is 21.7. The second-order valence-corrected chi connectivity index (χ2v) is 6.65. The van der Waals surface area contributed by atoms with Gasteiger partial charge in [0.25, 0.3) is 5.91 Å². The lowest BCUT2D eigenvalue weighted by Crippen LogP contribution is -2.47. The average Bonchev–Trinajstić information content (AvgIpc) is 2.91. The third-order valence-electron chi connectivity index (χ3n) is 4.07. The molecule has 0 radical (unpaired) electrons. The molecular formula is C17H21N3OS. The van der Waals surface area contributed by atoms with E-state index in [4.69, 9.17) is 0 Å². The molecule has 4 nitrogen and oxygen atoms in total. The van der Waals surface area contributed by atoms with E-state index in [1.54, 1.807) is 0 Å². The molecular weight excluding hydrogens is 294 g/mol. The van der Waals surface area contributed by atoms with Crippen molar-refractivity contribution in [3.63, 3.8) is 0 Å². The van der Waals surface area contributed by atoms with Crippen molar-refractivity contribution in [3.8, 4) is 0 Å². The number of amidine groups is 1. The largest absolute Gasteiger partial charge is 0.348 e. The Morgan fingerprint density at radius 1 is 1.18 bits per heavy atom. The zero-order valence-corrected chi connectivity index (χ0v) is 13.9. The molecule has 116 valence electrons. The minimum Gasteiger partial charge on any atom is -0.348 e. The van der Waals surface area contributed by atoms with Gasteiger partial charge in [-0.05, 0) is 36.9 Å². The molecule has 2 aliphatic heterocycles. The lowest BCUT2D eigenvalue weighted by Gasteiger charge is -2.34. The number of hydrogen-bond donors (Lipinski definition) is 0. The number of thioether (sulfide) groups is 1. The number of aliphatic imine (C=N–C) groups is 1. The molecule has 2 heterocycles. The smallest absolute Gasteiger partial charge is 0.286 e. The van der Waals surface area contributed by atoms with E-state index in [2.05, 4.69) is 40.8 Å². The van der Waals surface area contributed by atoms with Crippen LogP contribution in [0.15, 0.2) is 34.2 Å². The molecule has 1 aromatic rings. The van der Waals surface area contributed by atoms with E-state index in [1.807, 2.05) is 18.2 Å². The molecule has 0 atom stereocenters. The Morgan fingerprint density at radius 2 is 1.86 bits per heavy atom. The van der Waals surface area contributed by atoms with Gasteiger partial charge in [0.05, 0.1) is 4.91 Å². The summed E-state index contributed by atoms with van der Waals surface area (Å²) in [5.41, 5.74) is 2.27. The van der Waals surface area contributed by atoms with E-state index in [0.29, 0.717) is 0 Å². The third kappa shape index (κ3) is 3.42. The Labute approximate surface area is 135 Å². The van der Waals surface area contributed by atoms with Crippen LogP contribution in [0.5, 0.6) is 0 Å². The average molecular weight is 315 g/mol. The van der Waals surface area contributed by atoms with Crippen LogP contribution in [0.1, 0.15) is 18.1 Å². The van der Waals surface area contributed by atoms with Gasteiger partial charge in [-0.15, -0.1) is 0 Å². The number of hydrogen-bond acceptors (Lipinski definition) is 4. The molecule has 0 bridgehead atoms. The molecule has 1 aromatic carbocycles. The maximum Gasteiger partial charge on any atom is 0.286 e. The zero-order chi connectivity index (χ0) is 15.5. The minimum atomic E-state index is -0.113. The molecule has 0 aromatic heterocycles. The van der Waals surface area contributed by atoms with Crippen LogP contribution in [0.2, 0.25) is 0 Å². The molecule has 1 fully saturated rings. The van der Waals surface area contributed by atoms with E-state index >= 15 is 0 Å². The molecule has 0 aliphatic carbocycles. The highest BCUT2D eigenvalue weighted by atomic mass is 32.2. The number of piperazine rings is 1. The van der Waals surface area contributed by atoms with Crippen molar-refractivity contribution in [1.82, 2.24) is 9.80 Å². The Bertz CT molecular complexity index is 613. The summed E-state index contributed by atoms with van der Waals surface area (Å²) in [5, 5.41) is 0.860. The fourth-order valence-corrected chi connectivity index (χ4v) is 3.57. The van der Waals surface area contributed by atoms with Crippen LogP contribution >= 0.6 is 11.8 Å². The molecule has 1 amide bonds. The highest BCUT2D eigenvalue weighted by Gasteiger charge is 2.28. The number of rotatable bonds is 2. The predicted molar refractivity (Wildman–Crippen MR) is 92.9 cm³/mol. The standard InChI is InChI=1S/C17H21N3OS/c1-3-19-8-10-20(11-9-19)17-18-16(21)15(22-17)12-14-6-4-13(2)5-7-14/h4-7,12H,3,8-11H2,1-2H3/b15-12+. The maximum atomic E-state index is 12.1. The van der Waals surface area contributed by atoms with Crippen molar-refractivity contribution in [3.05, 3.63) is 40.3 Å². The monoisotopic (exact) mass is 315 g/mol. The molecule has 0 N–H and O–H groups in total. The van der Waals surface area contributed by atoms with E-state index < -0.39 is 0 Å². The van der Waals surface area contributed by atoms with Crippen LogP contribution in [0, 0.1) is 6.92 Å². The normalized spacial score (nSPS) is 21.5. The Balaban J connectivity index is 1.67. The van der Waals surface area contributed by atoms with Crippen LogP contribution < -0.4 is 0 Å². The van der Waals surface area contributed by atoms with Gasteiger partial charge in [-0.2, -0.15) is 4.99 Å². The molecule has 5 heteroatoms. The van der Waals surface area contributed by atoms with Gasteiger partial charge in [-0.1, -0.05) is 36.8 Å². The highest BCUT2D eigenvalue weighted by molar-refractivity contribution is 8.18. The number of aryl methyl sites for hydroxylation is 1. The summed E-state index contributed by atoms with van der Waals surface area (Å²) < 4.78 is 0. The zero-order valence-electron chi connectivity index (χ0n) is 13.1. The van der Waals surface area contributed by atoms with Crippen molar-refractivity contribution in [2.24, 2.45) is 4.99 Å². The van der Waals surface area contributed by atoms with Gasteiger partial charge in [0.2, 0.25) is 0 Å². The van der Waals surface area contributed by atoms with Crippen LogP contribution in [0.25, 0.3) is 6.08 Å². The quantitative estimate of drug-likeness (QED) is 0.786. The SMILES string of the molecule is CCN1CCN(C2=NC(=O)/C(=C\c3ccc(C)cc3)S2)CC1. The van der Waals surface area contributed by atoms with Crippen LogP contribution in [-0.2, 0) is 4.79 Å². The summed E-state index contributed by atoms with van der Waals surface area (Å²) in [5.74, 6) is -0.113. The van der Waals surface area contributed by atoms with E-state index in [-0.39, 0.29) is 5.91 Å². The molecule has 22 heavy (non-hydrogen) atoms. The summed E-state index contributed by atoms with van der Waals surface area (Å²) >= 11 is 1.50. The summed E-state index contributed by atoms with van der Waals surface area (Å²) in [6.45, 7) is 9.32. The number of amides is 1. The third-order valence-corrected chi connectivity index (χ3v) is 5.12. The van der Waals surface area contributed by atoms with Crippen LogP contribution in [0.4, 0.5) is 0 Å². The molecule has 2 aliphatic rings. The molecule has 0 unspecified atom stereocenters. The number of likely N-dealkylation sites (N-methyl/N-ethyl adjacent to an activating group) is 1. The van der Waals surface area contributed by atoms with Crippen LogP contribution in [0.3, 0.4) is 0 Å². The van der Waals surface area contributed by atoms with Gasteiger partial charge in [0.15, 0.2) is 5.17 Å². The van der Waals surface area contributed by atoms with Gasteiger partial charge in [-0.25, -0.2) is 0 Å². The van der Waals surface area contributed by atoms with Gasteiger partial charge < -0.3 is 9.80 Å². The van der Waals surface area contributed by atoms with Gasteiger partial charge in [0.1, 0.15) is 0 Å². The van der Waals surface area contributed by atoms with Crippen molar-refractivity contribution < 1.29 is 4.79 Å². The fourth-order valence-electron chi connectivity index (χ4n) is 2.60. The molecule has 0 spiro atoms. The van der Waals surface area contributed by atoms with E-state index in [1.165, 1.54) is 17.3 Å². The number of nitrogens with zero attached hydrogens (tertiary/aromatic N) is 3. The van der Waals surface area contributed by atoms with Gasteiger partial charge in [0, 0.05) is 26.2 Å². The molecule has 3 rings (SSSR count). The van der Waals surface area contributed by atoms with Gasteiger partial charge >= 0.3 is 0 Å². The summed E-state index contributed by atoms with van der Waals surface area (Å²) in [6.07, 6.45) is 1.94. The van der Waals surface area contributed by atoms with Crippen molar-refractivity contribution in [1.29, 1.82) is 0 Å². The summed E-state index contributed by atoms with van der Waals surface area (Å²) in [7, 11) is 0. The number of carbonyl (C=O) groups excluding carboxylic acids is 1. The first kappa shape index (κ1) is 15.3. The fraction of sp³-hybridized carbons (Fsp3) is 0.412. The van der Waals surface area contributed by atoms with Crippen LogP contribution in [-0.4, -0.2) is 53.6 Å². The predicted octanol–water partition coefficient (Wildman–Crippen LogP) is 2.60.